The number of fused-ring (bicyclic) bond motifs is 1. The molecule has 1 saturated heterocycles. The Kier molecular flexibility index (Phi) is 6.39. The van der Waals surface area contributed by atoms with E-state index < -0.39 is 5.97 Å². The number of nitrogens with one attached hydrogen (secondary N) is 1. The molecule has 0 unspecified atom stereocenters. The zero-order valence-corrected chi connectivity index (χ0v) is 15.9. The minimum absolute atomic E-state index is 0.204. The second kappa shape index (κ2) is 8.94. The van der Waals surface area contributed by atoms with E-state index in [-0.39, 0.29) is 36.7 Å². The van der Waals surface area contributed by atoms with Gasteiger partial charge in [-0.15, -0.1) is 11.8 Å². The van der Waals surface area contributed by atoms with Crippen molar-refractivity contribution < 1.29 is 23.9 Å². The molecule has 1 fully saturated rings. The van der Waals surface area contributed by atoms with Crippen molar-refractivity contribution in [3.8, 4) is 0 Å². The number of hydrogen-bond donors (Lipinski definition) is 1. The third-order valence-corrected chi connectivity index (χ3v) is 5.68. The van der Waals surface area contributed by atoms with Gasteiger partial charge in [0.05, 0.1) is 7.11 Å². The average Bonchev–Trinajstić information content (AvgIpc) is 3.13. The summed E-state index contributed by atoms with van der Waals surface area (Å²) in [5, 5.41) is 0.700. The molecule has 1 N–H and O–H groups in total. The van der Waals surface area contributed by atoms with E-state index in [4.69, 9.17) is 9.47 Å². The molecule has 1 amide bonds. The van der Waals surface area contributed by atoms with Crippen LogP contribution in [0.25, 0.3) is 10.9 Å². The van der Waals surface area contributed by atoms with Crippen molar-refractivity contribution in [3.63, 3.8) is 0 Å². The molecular weight excluding hydrogens is 368 g/mol. The molecule has 27 heavy (non-hydrogen) atoms. The van der Waals surface area contributed by atoms with Gasteiger partial charge < -0.3 is 19.4 Å². The average molecular weight is 390 g/mol. The lowest BCUT2D eigenvalue weighted by Gasteiger charge is -2.30. The standard InChI is InChI=1S/C19H22N2O5S/c1-25-19(24)16-11-21(8-9-27-16)17(22)12-26-18(23)7-6-13-10-20-15-5-3-2-4-14(13)15/h2-5,10,16,20H,6-9,11-12H2,1H3/t16-/m1/s1. The van der Waals surface area contributed by atoms with E-state index in [0.717, 1.165) is 16.5 Å². The number of rotatable bonds is 6. The SMILES string of the molecule is COC(=O)[C@H]1CN(C(=O)COC(=O)CCc2c[nH]c3ccccc23)CCS1. The first-order chi connectivity index (χ1) is 13.1. The predicted octanol–water partition coefficient (Wildman–Crippen LogP) is 1.76. The fourth-order valence-electron chi connectivity index (χ4n) is 3.03. The quantitative estimate of drug-likeness (QED) is 0.756. The molecule has 0 spiro atoms. The number of hydrogen-bond acceptors (Lipinski definition) is 6. The summed E-state index contributed by atoms with van der Waals surface area (Å²) >= 11 is 1.47. The first kappa shape index (κ1) is 19.3. The van der Waals surface area contributed by atoms with Gasteiger partial charge in [0.25, 0.3) is 5.91 Å². The third kappa shape index (κ3) is 4.82. The van der Waals surface area contributed by atoms with Gasteiger partial charge in [-0.05, 0) is 18.1 Å². The fourth-order valence-corrected chi connectivity index (χ4v) is 4.16. The number of carbonyl (C=O) groups excluding carboxylic acids is 3. The largest absolute Gasteiger partial charge is 0.468 e. The Morgan fingerprint density at radius 1 is 1.30 bits per heavy atom. The van der Waals surface area contributed by atoms with Gasteiger partial charge in [-0.2, -0.15) is 0 Å². The molecule has 0 aliphatic carbocycles. The van der Waals surface area contributed by atoms with Crippen molar-refractivity contribution in [2.75, 3.05) is 32.6 Å². The van der Waals surface area contributed by atoms with E-state index in [9.17, 15) is 14.4 Å². The number of benzene rings is 1. The van der Waals surface area contributed by atoms with Gasteiger partial charge in [-0.1, -0.05) is 18.2 Å². The van der Waals surface area contributed by atoms with Crippen molar-refractivity contribution in [3.05, 3.63) is 36.0 Å². The Morgan fingerprint density at radius 2 is 2.11 bits per heavy atom. The van der Waals surface area contributed by atoms with E-state index in [2.05, 4.69) is 4.98 Å². The van der Waals surface area contributed by atoms with Crippen molar-refractivity contribution in [1.82, 2.24) is 9.88 Å². The van der Waals surface area contributed by atoms with Crippen LogP contribution in [0.3, 0.4) is 0 Å². The van der Waals surface area contributed by atoms with Crippen LogP contribution in [0.5, 0.6) is 0 Å². The van der Waals surface area contributed by atoms with Gasteiger partial charge in [0.15, 0.2) is 6.61 Å². The van der Waals surface area contributed by atoms with Crippen LogP contribution in [-0.2, 0) is 30.3 Å². The van der Waals surface area contributed by atoms with Gasteiger partial charge in [-0.25, -0.2) is 0 Å². The number of ether oxygens (including phenoxy) is 2. The highest BCUT2D eigenvalue weighted by molar-refractivity contribution is 8.00. The number of carbonyl (C=O) groups is 3. The summed E-state index contributed by atoms with van der Waals surface area (Å²) in [6, 6.07) is 7.89. The topological polar surface area (TPSA) is 88.7 Å². The third-order valence-electron chi connectivity index (χ3n) is 4.51. The van der Waals surface area contributed by atoms with Gasteiger partial charge in [0.1, 0.15) is 5.25 Å². The molecule has 1 aliphatic rings. The Bertz CT molecular complexity index is 834. The number of nitrogens with zero attached hydrogens (tertiary/aromatic N) is 1. The Balaban J connectivity index is 1.44. The maximum absolute atomic E-state index is 12.2. The summed E-state index contributed by atoms with van der Waals surface area (Å²) in [5.74, 6) is -0.387. The number of para-hydroxylation sites is 1. The highest BCUT2D eigenvalue weighted by atomic mass is 32.2. The van der Waals surface area contributed by atoms with Crippen LogP contribution >= 0.6 is 11.8 Å². The van der Waals surface area contributed by atoms with Gasteiger partial charge >= 0.3 is 11.9 Å². The number of H-pyrrole nitrogens is 1. The lowest BCUT2D eigenvalue weighted by atomic mass is 10.1. The number of esters is 2. The first-order valence-corrected chi connectivity index (χ1v) is 9.81. The van der Waals surface area contributed by atoms with Crippen LogP contribution in [-0.4, -0.2) is 65.5 Å². The van der Waals surface area contributed by atoms with Crippen LogP contribution in [0.1, 0.15) is 12.0 Å². The highest BCUT2D eigenvalue weighted by Gasteiger charge is 2.29. The maximum atomic E-state index is 12.2. The summed E-state index contributed by atoms with van der Waals surface area (Å²) in [7, 11) is 1.33. The minimum atomic E-state index is -0.412. The highest BCUT2D eigenvalue weighted by Crippen LogP contribution is 2.20. The number of thioether (sulfide) groups is 1. The molecule has 0 radical (unpaired) electrons. The van der Waals surface area contributed by atoms with Crippen molar-refractivity contribution in [2.45, 2.75) is 18.1 Å². The molecule has 1 atom stereocenters. The summed E-state index contributed by atoms with van der Waals surface area (Å²) in [5.41, 5.74) is 2.07. The molecule has 1 aromatic heterocycles. The number of aromatic nitrogens is 1. The second-order valence-corrected chi connectivity index (χ2v) is 7.55. The summed E-state index contributed by atoms with van der Waals surface area (Å²) < 4.78 is 9.85. The Hall–Kier alpha value is -2.48. The van der Waals surface area contributed by atoms with Crippen LogP contribution in [0, 0.1) is 0 Å². The molecule has 3 rings (SSSR count). The van der Waals surface area contributed by atoms with Crippen LogP contribution in [0.4, 0.5) is 0 Å². The molecule has 0 saturated carbocycles. The predicted molar refractivity (Wildman–Crippen MR) is 102 cm³/mol. The van der Waals surface area contributed by atoms with Crippen molar-refractivity contribution >= 4 is 40.5 Å². The molecule has 2 aromatic rings. The summed E-state index contributed by atoms with van der Waals surface area (Å²) in [6.07, 6.45) is 2.64. The smallest absolute Gasteiger partial charge is 0.320 e. The molecule has 2 heterocycles. The number of methoxy groups -OCH3 is 1. The van der Waals surface area contributed by atoms with Crippen LogP contribution in [0.15, 0.2) is 30.5 Å². The number of aryl methyl sites for hydroxylation is 1. The zero-order chi connectivity index (χ0) is 19.2. The second-order valence-electron chi connectivity index (χ2n) is 6.24. The van der Waals surface area contributed by atoms with E-state index in [1.54, 1.807) is 4.90 Å². The summed E-state index contributed by atoms with van der Waals surface area (Å²) in [4.78, 5) is 40.6. The zero-order valence-electron chi connectivity index (χ0n) is 15.1. The molecule has 7 nitrogen and oxygen atoms in total. The normalized spacial score (nSPS) is 16.9. The lowest BCUT2D eigenvalue weighted by Crippen LogP contribution is -2.46. The number of aromatic amines is 1. The van der Waals surface area contributed by atoms with E-state index in [0.29, 0.717) is 18.7 Å². The van der Waals surface area contributed by atoms with Crippen molar-refractivity contribution in [2.24, 2.45) is 0 Å². The van der Waals surface area contributed by atoms with Gasteiger partial charge in [-0.3, -0.25) is 14.4 Å². The Labute approximate surface area is 161 Å². The van der Waals surface area contributed by atoms with E-state index in [1.807, 2.05) is 30.5 Å². The van der Waals surface area contributed by atoms with Gasteiger partial charge in [0.2, 0.25) is 0 Å². The van der Waals surface area contributed by atoms with Gasteiger partial charge in [0, 0.05) is 42.4 Å². The molecule has 1 aromatic carbocycles. The Morgan fingerprint density at radius 3 is 2.93 bits per heavy atom. The molecule has 0 bridgehead atoms. The van der Waals surface area contributed by atoms with Crippen molar-refractivity contribution in [1.29, 1.82) is 0 Å². The van der Waals surface area contributed by atoms with E-state index >= 15 is 0 Å². The molecular formula is C19H22N2O5S. The molecule has 8 heteroatoms. The first-order valence-electron chi connectivity index (χ1n) is 8.76. The molecule has 144 valence electrons. The van der Waals surface area contributed by atoms with E-state index in [1.165, 1.54) is 18.9 Å². The lowest BCUT2D eigenvalue weighted by molar-refractivity contribution is -0.152. The monoisotopic (exact) mass is 390 g/mol. The van der Waals surface area contributed by atoms with Crippen LogP contribution < -0.4 is 0 Å². The summed E-state index contributed by atoms with van der Waals surface area (Å²) in [6.45, 7) is 0.512. The maximum Gasteiger partial charge on any atom is 0.320 e. The fraction of sp³-hybridized carbons (Fsp3) is 0.421. The number of amides is 1. The minimum Gasteiger partial charge on any atom is -0.468 e. The van der Waals surface area contributed by atoms with Crippen LogP contribution in [0.2, 0.25) is 0 Å². The molecule has 1 aliphatic heterocycles.